The topological polar surface area (TPSA) is 80.3 Å². The minimum Gasteiger partial charge on any atom is -0.493 e. The van der Waals surface area contributed by atoms with Gasteiger partial charge in [-0.2, -0.15) is 5.06 Å². The van der Waals surface area contributed by atoms with E-state index in [9.17, 15) is 4.79 Å². The van der Waals surface area contributed by atoms with Crippen LogP contribution in [0.5, 0.6) is 11.5 Å². The standard InChI is InChI=1S/C24H27N5O4/c1-31-21-14-18-19(15-22(21)32-2)25-16-26-23(18)27-9-11-28(12-10-27)24(30)29-20(8-13-33-29)17-6-4-3-5-7-17/h3-7,14-16,20H,8-13H2,1-2H3/t20-/m0/s1. The van der Waals surface area contributed by atoms with Gasteiger partial charge in [0.1, 0.15) is 12.1 Å². The maximum Gasteiger partial charge on any atom is 0.344 e. The van der Waals surface area contributed by atoms with Gasteiger partial charge in [-0.05, 0) is 11.6 Å². The Bertz CT molecular complexity index is 1130. The Hall–Kier alpha value is -3.59. The summed E-state index contributed by atoms with van der Waals surface area (Å²) in [7, 11) is 3.22. The number of hydrogen-bond donors (Lipinski definition) is 0. The SMILES string of the molecule is COc1cc2ncnc(N3CCN(C(=O)N4OCC[C@H]4c4ccccc4)CC3)c2cc1OC. The van der Waals surface area contributed by atoms with Gasteiger partial charge in [0.05, 0.1) is 32.4 Å². The van der Waals surface area contributed by atoms with Crippen LogP contribution in [0, 0.1) is 0 Å². The molecule has 172 valence electrons. The van der Waals surface area contributed by atoms with Gasteiger partial charge in [0.2, 0.25) is 0 Å². The fourth-order valence-corrected chi connectivity index (χ4v) is 4.51. The third kappa shape index (κ3) is 4.00. The van der Waals surface area contributed by atoms with E-state index in [1.807, 2.05) is 47.4 Å². The molecule has 1 atom stereocenters. The molecule has 0 radical (unpaired) electrons. The average Bonchev–Trinajstić information content (AvgIpc) is 3.37. The van der Waals surface area contributed by atoms with Crippen molar-refractivity contribution >= 4 is 22.8 Å². The molecule has 0 aliphatic carbocycles. The highest BCUT2D eigenvalue weighted by Crippen LogP contribution is 2.35. The molecule has 2 fully saturated rings. The molecule has 1 aromatic heterocycles. The van der Waals surface area contributed by atoms with Gasteiger partial charge in [-0.1, -0.05) is 30.3 Å². The number of aromatic nitrogens is 2. The summed E-state index contributed by atoms with van der Waals surface area (Å²) in [5, 5.41) is 2.43. The van der Waals surface area contributed by atoms with Crippen LogP contribution in [0.2, 0.25) is 0 Å². The van der Waals surface area contributed by atoms with E-state index in [-0.39, 0.29) is 12.1 Å². The summed E-state index contributed by atoms with van der Waals surface area (Å²) in [6, 6.07) is 13.7. The Labute approximate surface area is 192 Å². The molecule has 2 saturated heterocycles. The van der Waals surface area contributed by atoms with Gasteiger partial charge in [-0.15, -0.1) is 0 Å². The van der Waals surface area contributed by atoms with Gasteiger partial charge >= 0.3 is 6.03 Å². The smallest absolute Gasteiger partial charge is 0.344 e. The van der Waals surface area contributed by atoms with Crippen LogP contribution in [0.25, 0.3) is 10.9 Å². The fraction of sp³-hybridized carbons (Fsp3) is 0.375. The minimum atomic E-state index is -0.0834. The molecule has 33 heavy (non-hydrogen) atoms. The van der Waals surface area contributed by atoms with Gasteiger partial charge < -0.3 is 19.3 Å². The van der Waals surface area contributed by atoms with Gasteiger partial charge in [-0.25, -0.2) is 14.8 Å². The molecule has 2 aromatic carbocycles. The van der Waals surface area contributed by atoms with Gasteiger partial charge in [-0.3, -0.25) is 4.84 Å². The number of ether oxygens (including phenoxy) is 2. The van der Waals surface area contributed by atoms with Crippen LogP contribution in [0.3, 0.4) is 0 Å². The van der Waals surface area contributed by atoms with Crippen LogP contribution in [0.4, 0.5) is 10.6 Å². The number of anilines is 1. The highest BCUT2D eigenvalue weighted by atomic mass is 16.7. The van der Waals surface area contributed by atoms with Crippen molar-refractivity contribution in [1.82, 2.24) is 19.9 Å². The number of urea groups is 1. The van der Waals surface area contributed by atoms with E-state index in [2.05, 4.69) is 14.9 Å². The lowest BCUT2D eigenvalue weighted by molar-refractivity contribution is -0.0982. The minimum absolute atomic E-state index is 0.0509. The van der Waals surface area contributed by atoms with Crippen molar-refractivity contribution in [3.8, 4) is 11.5 Å². The van der Waals surface area contributed by atoms with Crippen molar-refractivity contribution in [1.29, 1.82) is 0 Å². The van der Waals surface area contributed by atoms with E-state index in [4.69, 9.17) is 14.3 Å². The van der Waals surface area contributed by atoms with Crippen LogP contribution in [-0.4, -0.2) is 73.0 Å². The summed E-state index contributed by atoms with van der Waals surface area (Å²) in [6.45, 7) is 3.04. The zero-order valence-electron chi connectivity index (χ0n) is 18.8. The number of methoxy groups -OCH3 is 2. The monoisotopic (exact) mass is 449 g/mol. The van der Waals surface area contributed by atoms with E-state index in [1.54, 1.807) is 25.6 Å². The summed E-state index contributed by atoms with van der Waals surface area (Å²) < 4.78 is 10.9. The molecule has 0 bridgehead atoms. The zero-order chi connectivity index (χ0) is 22.8. The first-order valence-corrected chi connectivity index (χ1v) is 11.1. The number of fused-ring (bicyclic) bond motifs is 1. The molecular weight excluding hydrogens is 422 g/mol. The molecule has 2 aliphatic heterocycles. The first kappa shape index (κ1) is 21.3. The highest BCUT2D eigenvalue weighted by Gasteiger charge is 2.35. The Morgan fingerprint density at radius 1 is 1.00 bits per heavy atom. The maximum absolute atomic E-state index is 13.2. The lowest BCUT2D eigenvalue weighted by Crippen LogP contribution is -2.52. The third-order valence-electron chi connectivity index (χ3n) is 6.25. The molecule has 9 nitrogen and oxygen atoms in total. The normalized spacial score (nSPS) is 18.6. The Kier molecular flexibility index (Phi) is 5.87. The fourth-order valence-electron chi connectivity index (χ4n) is 4.51. The number of rotatable bonds is 4. The summed E-state index contributed by atoms with van der Waals surface area (Å²) >= 11 is 0. The molecule has 0 saturated carbocycles. The summed E-state index contributed by atoms with van der Waals surface area (Å²) in [4.78, 5) is 31.9. The number of benzene rings is 2. The Morgan fingerprint density at radius 3 is 2.45 bits per heavy atom. The van der Waals surface area contributed by atoms with Crippen molar-refractivity contribution in [3.63, 3.8) is 0 Å². The molecular formula is C24H27N5O4. The number of amides is 2. The quantitative estimate of drug-likeness (QED) is 0.605. The second kappa shape index (κ2) is 9.11. The number of carbonyl (C=O) groups is 1. The number of piperazine rings is 1. The van der Waals surface area contributed by atoms with Crippen LogP contribution >= 0.6 is 0 Å². The zero-order valence-corrected chi connectivity index (χ0v) is 18.8. The van der Waals surface area contributed by atoms with Crippen molar-refractivity contribution in [2.45, 2.75) is 12.5 Å². The molecule has 3 heterocycles. The predicted octanol–water partition coefficient (Wildman–Crippen LogP) is 3.27. The number of carbonyl (C=O) groups excluding carboxylic acids is 1. The lowest BCUT2D eigenvalue weighted by atomic mass is 10.1. The van der Waals surface area contributed by atoms with E-state index in [0.717, 1.165) is 28.7 Å². The van der Waals surface area contributed by atoms with Crippen molar-refractivity contribution in [3.05, 3.63) is 54.4 Å². The second-order valence-corrected chi connectivity index (χ2v) is 8.05. The van der Waals surface area contributed by atoms with E-state index in [1.165, 1.54) is 0 Å². The van der Waals surface area contributed by atoms with Gasteiger partial charge in [0.25, 0.3) is 0 Å². The first-order valence-electron chi connectivity index (χ1n) is 11.1. The van der Waals surface area contributed by atoms with Gasteiger partial charge in [0, 0.05) is 44.1 Å². The molecule has 0 unspecified atom stereocenters. The molecule has 0 N–H and O–H groups in total. The van der Waals surface area contributed by atoms with Crippen LogP contribution in [-0.2, 0) is 4.84 Å². The Morgan fingerprint density at radius 2 is 1.73 bits per heavy atom. The molecule has 5 rings (SSSR count). The van der Waals surface area contributed by atoms with Crippen LogP contribution in [0.1, 0.15) is 18.0 Å². The van der Waals surface area contributed by atoms with Crippen molar-refractivity contribution in [2.24, 2.45) is 0 Å². The highest BCUT2D eigenvalue weighted by molar-refractivity contribution is 5.92. The number of hydroxylamine groups is 2. The summed E-state index contributed by atoms with van der Waals surface area (Å²) in [6.07, 6.45) is 2.36. The van der Waals surface area contributed by atoms with Crippen LogP contribution in [0.15, 0.2) is 48.8 Å². The van der Waals surface area contributed by atoms with E-state index < -0.39 is 0 Å². The summed E-state index contributed by atoms with van der Waals surface area (Å²) in [5.41, 5.74) is 1.88. The van der Waals surface area contributed by atoms with Crippen LogP contribution < -0.4 is 14.4 Å². The Balaban J connectivity index is 1.31. The molecule has 3 aromatic rings. The van der Waals surface area contributed by atoms with E-state index in [0.29, 0.717) is 44.3 Å². The third-order valence-corrected chi connectivity index (χ3v) is 6.25. The second-order valence-electron chi connectivity index (χ2n) is 8.05. The lowest BCUT2D eigenvalue weighted by Gasteiger charge is -2.38. The number of nitrogens with zero attached hydrogens (tertiary/aromatic N) is 5. The largest absolute Gasteiger partial charge is 0.493 e. The first-order chi connectivity index (χ1) is 16.2. The molecule has 0 spiro atoms. The molecule has 2 aliphatic rings. The average molecular weight is 450 g/mol. The van der Waals surface area contributed by atoms with Gasteiger partial charge in [0.15, 0.2) is 11.5 Å². The van der Waals surface area contributed by atoms with Crippen molar-refractivity contribution < 1.29 is 19.1 Å². The number of hydrogen-bond acceptors (Lipinski definition) is 7. The summed E-state index contributed by atoms with van der Waals surface area (Å²) in [5.74, 6) is 2.09. The predicted molar refractivity (Wildman–Crippen MR) is 123 cm³/mol. The van der Waals surface area contributed by atoms with Crippen molar-refractivity contribution in [2.75, 3.05) is 51.9 Å². The molecule has 9 heteroatoms. The maximum atomic E-state index is 13.2. The van der Waals surface area contributed by atoms with E-state index >= 15 is 0 Å². The molecule has 2 amide bonds.